The van der Waals surface area contributed by atoms with Gasteiger partial charge in [0.15, 0.2) is 0 Å². The number of hydrogen-bond donors (Lipinski definition) is 2. The Morgan fingerprint density at radius 3 is 2.95 bits per heavy atom. The molecule has 2 rings (SSSR count). The standard InChI is InChI=1S/C13H20N4O3/c1-13(12(19)20)3-2-5-17(8-13)11(18)10-7-16(6-4-14)9-15-10/h7,9H,2-6,8,14H2,1H3,(H,19,20). The van der Waals surface area contributed by atoms with Gasteiger partial charge in [-0.15, -0.1) is 0 Å². The Labute approximate surface area is 117 Å². The SMILES string of the molecule is CC1(C(=O)O)CCCN(C(=O)c2cn(CCN)cn2)C1. The van der Waals surface area contributed by atoms with Crippen LogP contribution in [-0.4, -0.2) is 51.1 Å². The van der Waals surface area contributed by atoms with E-state index < -0.39 is 11.4 Å². The van der Waals surface area contributed by atoms with Crippen LogP contribution < -0.4 is 5.73 Å². The molecule has 0 radical (unpaired) electrons. The number of piperidine rings is 1. The van der Waals surface area contributed by atoms with Crippen molar-refractivity contribution in [3.05, 3.63) is 18.2 Å². The molecule has 1 unspecified atom stereocenters. The van der Waals surface area contributed by atoms with E-state index in [1.165, 1.54) is 0 Å². The Morgan fingerprint density at radius 1 is 1.55 bits per heavy atom. The Bertz CT molecular complexity index is 513. The fourth-order valence-corrected chi connectivity index (χ4v) is 2.49. The maximum Gasteiger partial charge on any atom is 0.311 e. The number of hydrogen-bond acceptors (Lipinski definition) is 4. The third-order valence-corrected chi connectivity index (χ3v) is 3.74. The van der Waals surface area contributed by atoms with Gasteiger partial charge in [0.25, 0.3) is 5.91 Å². The predicted molar refractivity (Wildman–Crippen MR) is 72.2 cm³/mol. The summed E-state index contributed by atoms with van der Waals surface area (Å²) in [4.78, 5) is 29.3. The summed E-state index contributed by atoms with van der Waals surface area (Å²) < 4.78 is 1.76. The van der Waals surface area contributed by atoms with Crippen molar-refractivity contribution in [1.29, 1.82) is 0 Å². The number of nitrogens with zero attached hydrogens (tertiary/aromatic N) is 3. The molecule has 0 spiro atoms. The molecule has 3 N–H and O–H groups in total. The van der Waals surface area contributed by atoms with Gasteiger partial charge in [0.1, 0.15) is 5.69 Å². The lowest BCUT2D eigenvalue weighted by atomic mass is 9.82. The number of carboxylic acids is 1. The minimum atomic E-state index is -0.867. The molecule has 1 aromatic rings. The minimum Gasteiger partial charge on any atom is -0.481 e. The molecule has 1 fully saturated rings. The second kappa shape index (κ2) is 5.62. The smallest absolute Gasteiger partial charge is 0.311 e. The van der Waals surface area contributed by atoms with E-state index in [0.29, 0.717) is 38.2 Å². The first-order chi connectivity index (χ1) is 9.46. The average Bonchev–Trinajstić information content (AvgIpc) is 2.87. The molecule has 20 heavy (non-hydrogen) atoms. The molecule has 1 aromatic heterocycles. The quantitative estimate of drug-likeness (QED) is 0.818. The van der Waals surface area contributed by atoms with Gasteiger partial charge in [-0.05, 0) is 19.8 Å². The predicted octanol–water partition coefficient (Wildman–Crippen LogP) is 0.169. The van der Waals surface area contributed by atoms with Crippen LogP contribution >= 0.6 is 0 Å². The molecule has 1 amide bonds. The van der Waals surface area contributed by atoms with Crippen LogP contribution in [0.4, 0.5) is 0 Å². The van der Waals surface area contributed by atoms with Gasteiger partial charge in [-0.1, -0.05) is 0 Å². The lowest BCUT2D eigenvalue weighted by Gasteiger charge is -2.37. The van der Waals surface area contributed by atoms with E-state index in [1.807, 2.05) is 0 Å². The highest BCUT2D eigenvalue weighted by atomic mass is 16.4. The van der Waals surface area contributed by atoms with Crippen LogP contribution in [0.2, 0.25) is 0 Å². The summed E-state index contributed by atoms with van der Waals surface area (Å²) in [6.07, 6.45) is 4.51. The highest BCUT2D eigenvalue weighted by molar-refractivity contribution is 5.92. The number of carboxylic acid groups (broad SMARTS) is 1. The fourth-order valence-electron chi connectivity index (χ4n) is 2.49. The van der Waals surface area contributed by atoms with Gasteiger partial charge >= 0.3 is 5.97 Å². The van der Waals surface area contributed by atoms with Gasteiger partial charge in [-0.2, -0.15) is 0 Å². The lowest BCUT2D eigenvalue weighted by molar-refractivity contribution is -0.150. The van der Waals surface area contributed by atoms with Crippen molar-refractivity contribution < 1.29 is 14.7 Å². The molecular weight excluding hydrogens is 260 g/mol. The summed E-state index contributed by atoms with van der Waals surface area (Å²) >= 11 is 0. The minimum absolute atomic E-state index is 0.215. The number of amides is 1. The third kappa shape index (κ3) is 2.82. The van der Waals surface area contributed by atoms with E-state index in [0.717, 1.165) is 0 Å². The van der Waals surface area contributed by atoms with E-state index in [-0.39, 0.29) is 12.5 Å². The van der Waals surface area contributed by atoms with E-state index in [9.17, 15) is 14.7 Å². The van der Waals surface area contributed by atoms with Crippen molar-refractivity contribution in [3.8, 4) is 0 Å². The van der Waals surface area contributed by atoms with Crippen LogP contribution in [0.15, 0.2) is 12.5 Å². The Morgan fingerprint density at radius 2 is 2.30 bits per heavy atom. The van der Waals surface area contributed by atoms with Gasteiger partial charge in [0.05, 0.1) is 11.7 Å². The molecule has 1 aliphatic rings. The van der Waals surface area contributed by atoms with Crippen LogP contribution in [0.3, 0.4) is 0 Å². The Hall–Kier alpha value is -1.89. The Balaban J connectivity index is 2.10. The van der Waals surface area contributed by atoms with Crippen molar-refractivity contribution in [2.45, 2.75) is 26.3 Å². The van der Waals surface area contributed by atoms with Crippen molar-refractivity contribution in [2.24, 2.45) is 11.1 Å². The number of carbonyl (C=O) groups excluding carboxylic acids is 1. The number of rotatable bonds is 4. The molecular formula is C13H20N4O3. The monoisotopic (exact) mass is 280 g/mol. The highest BCUT2D eigenvalue weighted by Crippen LogP contribution is 2.30. The zero-order chi connectivity index (χ0) is 14.8. The van der Waals surface area contributed by atoms with E-state index in [1.54, 1.807) is 28.9 Å². The first kappa shape index (κ1) is 14.5. The molecule has 110 valence electrons. The summed E-state index contributed by atoms with van der Waals surface area (Å²) in [5.41, 5.74) is 4.92. The number of carbonyl (C=O) groups is 2. The number of aromatic nitrogens is 2. The molecule has 2 heterocycles. The molecule has 0 saturated carbocycles. The van der Waals surface area contributed by atoms with Gasteiger partial charge in [0.2, 0.25) is 0 Å². The summed E-state index contributed by atoms with van der Waals surface area (Å²) in [5, 5.41) is 9.27. The first-order valence-electron chi connectivity index (χ1n) is 6.71. The molecule has 7 nitrogen and oxygen atoms in total. The normalized spacial score (nSPS) is 22.8. The molecule has 0 bridgehead atoms. The summed E-state index contributed by atoms with van der Waals surface area (Å²) in [6, 6.07) is 0. The number of nitrogens with two attached hydrogens (primary N) is 1. The van der Waals surface area contributed by atoms with Crippen LogP contribution in [0.25, 0.3) is 0 Å². The van der Waals surface area contributed by atoms with E-state index in [2.05, 4.69) is 4.98 Å². The molecule has 1 saturated heterocycles. The number of likely N-dealkylation sites (tertiary alicyclic amines) is 1. The molecule has 1 atom stereocenters. The van der Waals surface area contributed by atoms with E-state index in [4.69, 9.17) is 5.73 Å². The maximum atomic E-state index is 12.4. The van der Waals surface area contributed by atoms with Gasteiger partial charge in [-0.25, -0.2) is 4.98 Å². The van der Waals surface area contributed by atoms with Crippen LogP contribution in [0.5, 0.6) is 0 Å². The van der Waals surface area contributed by atoms with Crippen molar-refractivity contribution >= 4 is 11.9 Å². The molecule has 7 heteroatoms. The topological polar surface area (TPSA) is 101 Å². The highest BCUT2D eigenvalue weighted by Gasteiger charge is 2.39. The molecule has 0 aliphatic carbocycles. The van der Waals surface area contributed by atoms with Crippen molar-refractivity contribution in [1.82, 2.24) is 14.5 Å². The maximum absolute atomic E-state index is 12.4. The number of imidazole rings is 1. The summed E-state index contributed by atoms with van der Waals surface area (Å²) in [7, 11) is 0. The Kier molecular flexibility index (Phi) is 4.08. The number of aliphatic carboxylic acids is 1. The van der Waals surface area contributed by atoms with Crippen molar-refractivity contribution in [2.75, 3.05) is 19.6 Å². The molecule has 0 aromatic carbocycles. The van der Waals surface area contributed by atoms with Crippen molar-refractivity contribution in [3.63, 3.8) is 0 Å². The van der Waals surface area contributed by atoms with E-state index >= 15 is 0 Å². The third-order valence-electron chi connectivity index (χ3n) is 3.74. The summed E-state index contributed by atoms with van der Waals surface area (Å²) in [6.45, 7) is 3.57. The second-order valence-electron chi connectivity index (χ2n) is 5.48. The van der Waals surface area contributed by atoms with Crippen LogP contribution in [0.1, 0.15) is 30.3 Å². The average molecular weight is 280 g/mol. The van der Waals surface area contributed by atoms with Gasteiger partial charge < -0.3 is 20.3 Å². The molecule has 1 aliphatic heterocycles. The zero-order valence-corrected chi connectivity index (χ0v) is 11.6. The fraction of sp³-hybridized carbons (Fsp3) is 0.615. The zero-order valence-electron chi connectivity index (χ0n) is 11.6. The lowest BCUT2D eigenvalue weighted by Crippen LogP contribution is -2.48. The van der Waals surface area contributed by atoms with Crippen LogP contribution in [-0.2, 0) is 11.3 Å². The van der Waals surface area contributed by atoms with Crippen LogP contribution in [0, 0.1) is 5.41 Å². The first-order valence-corrected chi connectivity index (χ1v) is 6.71. The second-order valence-corrected chi connectivity index (χ2v) is 5.48. The van der Waals surface area contributed by atoms with Gasteiger partial charge in [0, 0.05) is 32.4 Å². The summed E-state index contributed by atoms with van der Waals surface area (Å²) in [5.74, 6) is -1.07. The van der Waals surface area contributed by atoms with Gasteiger partial charge in [-0.3, -0.25) is 9.59 Å². The largest absolute Gasteiger partial charge is 0.481 e.